The SMILES string of the molecule is CCn1cc(Br)cc1C(=O)Nc1cc(Cl)cc(Br)c1OC. The molecule has 2 rings (SSSR count). The third-order valence-electron chi connectivity index (χ3n) is 2.90. The van der Waals surface area contributed by atoms with E-state index in [2.05, 4.69) is 37.2 Å². The monoisotopic (exact) mass is 434 g/mol. The quantitative estimate of drug-likeness (QED) is 0.737. The molecule has 0 spiro atoms. The summed E-state index contributed by atoms with van der Waals surface area (Å²) in [6, 6.07) is 5.13. The molecule has 1 N–H and O–H groups in total. The summed E-state index contributed by atoms with van der Waals surface area (Å²) in [6.45, 7) is 2.67. The highest BCUT2D eigenvalue weighted by atomic mass is 79.9. The third-order valence-corrected chi connectivity index (χ3v) is 4.14. The zero-order valence-electron chi connectivity index (χ0n) is 11.4. The summed E-state index contributed by atoms with van der Waals surface area (Å²) >= 11 is 12.8. The van der Waals surface area contributed by atoms with E-state index in [9.17, 15) is 4.79 Å². The number of benzene rings is 1. The van der Waals surface area contributed by atoms with Crippen molar-refractivity contribution in [1.82, 2.24) is 4.57 Å². The van der Waals surface area contributed by atoms with Crippen molar-refractivity contribution in [3.8, 4) is 5.75 Å². The molecule has 0 saturated carbocycles. The van der Waals surface area contributed by atoms with E-state index < -0.39 is 0 Å². The van der Waals surface area contributed by atoms with Crippen LogP contribution in [0.4, 0.5) is 5.69 Å². The maximum atomic E-state index is 12.4. The van der Waals surface area contributed by atoms with Crippen molar-refractivity contribution in [3.05, 3.63) is 44.1 Å². The number of ether oxygens (including phenoxy) is 1. The second-order valence-electron chi connectivity index (χ2n) is 4.25. The van der Waals surface area contributed by atoms with Crippen LogP contribution in [0.1, 0.15) is 17.4 Å². The molecule has 0 radical (unpaired) electrons. The van der Waals surface area contributed by atoms with Crippen molar-refractivity contribution < 1.29 is 9.53 Å². The van der Waals surface area contributed by atoms with Gasteiger partial charge in [-0.05, 0) is 57.0 Å². The van der Waals surface area contributed by atoms with Gasteiger partial charge in [-0.25, -0.2) is 0 Å². The van der Waals surface area contributed by atoms with E-state index in [0.29, 0.717) is 33.2 Å². The van der Waals surface area contributed by atoms with Crippen LogP contribution in [-0.4, -0.2) is 17.6 Å². The standard InChI is InChI=1S/C14H13Br2ClN2O2/c1-3-19-7-8(15)4-12(19)14(20)18-11-6-9(17)5-10(16)13(11)21-2/h4-7H,3H2,1-2H3,(H,18,20). The number of methoxy groups -OCH3 is 1. The van der Waals surface area contributed by atoms with Crippen LogP contribution < -0.4 is 10.1 Å². The molecular formula is C14H13Br2ClN2O2. The predicted octanol–water partition coefficient (Wildman–Crippen LogP) is 4.95. The summed E-state index contributed by atoms with van der Waals surface area (Å²) in [4.78, 5) is 12.4. The number of anilines is 1. The Kier molecular flexibility index (Phi) is 5.35. The van der Waals surface area contributed by atoms with E-state index in [4.69, 9.17) is 16.3 Å². The fourth-order valence-corrected chi connectivity index (χ4v) is 3.41. The minimum atomic E-state index is -0.227. The van der Waals surface area contributed by atoms with Gasteiger partial charge in [0.15, 0.2) is 5.75 Å². The van der Waals surface area contributed by atoms with E-state index in [-0.39, 0.29) is 5.91 Å². The fraction of sp³-hybridized carbons (Fsp3) is 0.214. The highest BCUT2D eigenvalue weighted by Crippen LogP contribution is 2.36. The lowest BCUT2D eigenvalue weighted by Crippen LogP contribution is -2.17. The number of rotatable bonds is 4. The van der Waals surface area contributed by atoms with Crippen molar-refractivity contribution in [2.24, 2.45) is 0 Å². The van der Waals surface area contributed by atoms with Gasteiger partial charge in [0.25, 0.3) is 5.91 Å². The Morgan fingerprint density at radius 1 is 1.38 bits per heavy atom. The summed E-state index contributed by atoms with van der Waals surface area (Å²) in [5.74, 6) is 0.302. The van der Waals surface area contributed by atoms with Gasteiger partial charge < -0.3 is 14.6 Å². The van der Waals surface area contributed by atoms with Crippen molar-refractivity contribution in [3.63, 3.8) is 0 Å². The molecular weight excluding hydrogens is 423 g/mol. The topological polar surface area (TPSA) is 43.3 Å². The molecule has 0 bridgehead atoms. The third kappa shape index (κ3) is 3.62. The van der Waals surface area contributed by atoms with Crippen molar-refractivity contribution in [2.45, 2.75) is 13.5 Å². The van der Waals surface area contributed by atoms with Crippen LogP contribution in [-0.2, 0) is 6.54 Å². The molecule has 0 aliphatic heterocycles. The second kappa shape index (κ2) is 6.85. The van der Waals surface area contributed by atoms with Gasteiger partial charge in [-0.2, -0.15) is 0 Å². The lowest BCUT2D eigenvalue weighted by atomic mass is 10.2. The molecule has 0 aliphatic rings. The first kappa shape index (κ1) is 16.4. The summed E-state index contributed by atoms with van der Waals surface area (Å²) in [6.07, 6.45) is 1.86. The molecule has 21 heavy (non-hydrogen) atoms. The molecule has 1 aromatic heterocycles. The number of nitrogens with one attached hydrogen (secondary N) is 1. The Morgan fingerprint density at radius 2 is 2.10 bits per heavy atom. The molecule has 1 aromatic carbocycles. The minimum absolute atomic E-state index is 0.227. The van der Waals surface area contributed by atoms with Crippen molar-refractivity contribution in [2.75, 3.05) is 12.4 Å². The van der Waals surface area contributed by atoms with Gasteiger partial charge in [-0.1, -0.05) is 11.6 Å². The molecule has 1 amide bonds. The summed E-state index contributed by atoms with van der Waals surface area (Å²) < 4.78 is 8.68. The van der Waals surface area contributed by atoms with E-state index in [1.165, 1.54) is 7.11 Å². The van der Waals surface area contributed by atoms with Crippen LogP contribution in [0.3, 0.4) is 0 Å². The van der Waals surface area contributed by atoms with Crippen molar-refractivity contribution >= 4 is 55.1 Å². The lowest BCUT2D eigenvalue weighted by Gasteiger charge is -2.13. The summed E-state index contributed by atoms with van der Waals surface area (Å²) in [5.41, 5.74) is 1.07. The number of nitrogens with zero attached hydrogens (tertiary/aromatic N) is 1. The first-order valence-electron chi connectivity index (χ1n) is 6.16. The number of hydrogen-bond acceptors (Lipinski definition) is 2. The molecule has 0 saturated heterocycles. The van der Waals surface area contributed by atoms with Crippen molar-refractivity contribution in [1.29, 1.82) is 0 Å². The Balaban J connectivity index is 2.35. The average Bonchev–Trinajstić information content (AvgIpc) is 2.79. The zero-order valence-corrected chi connectivity index (χ0v) is 15.3. The average molecular weight is 437 g/mol. The Hall–Kier alpha value is -0.980. The van der Waals surface area contributed by atoms with Gasteiger partial charge in [0.1, 0.15) is 5.69 Å². The number of aryl methyl sites for hydroxylation is 1. The minimum Gasteiger partial charge on any atom is -0.493 e. The first-order valence-corrected chi connectivity index (χ1v) is 8.12. The molecule has 0 aliphatic carbocycles. The molecule has 7 heteroatoms. The molecule has 0 fully saturated rings. The number of halogens is 3. The van der Waals surface area contributed by atoms with E-state index in [1.807, 2.05) is 17.7 Å². The smallest absolute Gasteiger partial charge is 0.272 e. The molecule has 4 nitrogen and oxygen atoms in total. The second-order valence-corrected chi connectivity index (χ2v) is 6.46. The number of amides is 1. The van der Waals surface area contributed by atoms with Gasteiger partial charge in [-0.15, -0.1) is 0 Å². The maximum absolute atomic E-state index is 12.4. The largest absolute Gasteiger partial charge is 0.493 e. The first-order chi connectivity index (χ1) is 9.96. The molecule has 0 unspecified atom stereocenters. The van der Waals surface area contributed by atoms with Crippen LogP contribution in [0, 0.1) is 0 Å². The van der Waals surface area contributed by atoms with Crippen LogP contribution in [0.2, 0.25) is 5.02 Å². The lowest BCUT2D eigenvalue weighted by molar-refractivity contribution is 0.101. The number of hydrogen-bond donors (Lipinski definition) is 1. The number of carbonyl (C=O) groups excluding carboxylic acids is 1. The van der Waals surface area contributed by atoms with Gasteiger partial charge in [0, 0.05) is 22.2 Å². The highest BCUT2D eigenvalue weighted by molar-refractivity contribution is 9.10. The Morgan fingerprint density at radius 3 is 2.71 bits per heavy atom. The van der Waals surface area contributed by atoms with Gasteiger partial charge in [0.2, 0.25) is 0 Å². The molecule has 112 valence electrons. The van der Waals surface area contributed by atoms with Crippen LogP contribution in [0.5, 0.6) is 5.75 Å². The Labute approximate surface area is 144 Å². The number of aromatic nitrogens is 1. The van der Waals surface area contributed by atoms with Gasteiger partial charge in [-0.3, -0.25) is 4.79 Å². The molecule has 2 aromatic rings. The predicted molar refractivity (Wildman–Crippen MR) is 91.5 cm³/mol. The summed E-state index contributed by atoms with van der Waals surface area (Å²) in [5, 5.41) is 3.33. The number of carbonyl (C=O) groups is 1. The van der Waals surface area contributed by atoms with Crippen LogP contribution >= 0.6 is 43.5 Å². The molecule has 1 heterocycles. The van der Waals surface area contributed by atoms with Gasteiger partial charge >= 0.3 is 0 Å². The molecule has 0 atom stereocenters. The van der Waals surface area contributed by atoms with E-state index >= 15 is 0 Å². The van der Waals surface area contributed by atoms with Gasteiger partial charge in [0.05, 0.1) is 17.3 Å². The normalized spacial score (nSPS) is 10.5. The maximum Gasteiger partial charge on any atom is 0.272 e. The van der Waals surface area contributed by atoms with E-state index in [0.717, 1.165) is 4.47 Å². The fourth-order valence-electron chi connectivity index (χ4n) is 1.97. The Bertz CT molecular complexity index is 686. The van der Waals surface area contributed by atoms with Crippen LogP contribution in [0.15, 0.2) is 33.3 Å². The zero-order chi connectivity index (χ0) is 15.6. The van der Waals surface area contributed by atoms with E-state index in [1.54, 1.807) is 18.2 Å². The summed E-state index contributed by atoms with van der Waals surface area (Å²) in [7, 11) is 1.54. The highest BCUT2D eigenvalue weighted by Gasteiger charge is 2.16. The van der Waals surface area contributed by atoms with Crippen LogP contribution in [0.25, 0.3) is 0 Å².